The van der Waals surface area contributed by atoms with E-state index in [0.29, 0.717) is 0 Å². The van der Waals surface area contributed by atoms with Gasteiger partial charge in [0.1, 0.15) is 11.3 Å². The van der Waals surface area contributed by atoms with E-state index in [0.717, 1.165) is 0 Å². The van der Waals surface area contributed by atoms with Gasteiger partial charge in [-0.25, -0.2) is 0 Å². The fraction of sp³-hybridized carbons (Fsp3) is 0.500. The molecule has 0 aromatic rings. The lowest BCUT2D eigenvalue weighted by Crippen LogP contribution is -2.43. The van der Waals surface area contributed by atoms with Crippen molar-refractivity contribution in [2.75, 3.05) is 0 Å². The highest BCUT2D eigenvalue weighted by Gasteiger charge is 2.36. The first-order valence-corrected chi connectivity index (χ1v) is 3.24. The molecule has 0 saturated carbocycles. The lowest BCUT2D eigenvalue weighted by molar-refractivity contribution is -0.154. The highest BCUT2D eigenvalue weighted by atomic mass is 16.4. The average Bonchev–Trinajstić information content (AvgIpc) is 1.82. The van der Waals surface area contributed by atoms with E-state index in [1.54, 1.807) is 0 Å². The molecule has 0 spiro atoms. The number of aliphatic carboxylic acids is 2. The molecule has 0 rings (SSSR count). The molecule has 0 fully saturated rings. The van der Waals surface area contributed by atoms with Crippen LogP contribution in [-0.2, 0) is 14.4 Å². The Balaban J connectivity index is 4.62. The van der Waals surface area contributed by atoms with Crippen molar-refractivity contribution >= 4 is 25.5 Å². The van der Waals surface area contributed by atoms with Crippen molar-refractivity contribution in [3.63, 3.8) is 0 Å². The van der Waals surface area contributed by atoms with Crippen molar-refractivity contribution in [3.8, 4) is 0 Å². The second-order valence-corrected chi connectivity index (χ2v) is 2.54. The van der Waals surface area contributed by atoms with Gasteiger partial charge in [0, 0.05) is 0 Å². The van der Waals surface area contributed by atoms with Gasteiger partial charge in [0.2, 0.25) is 0 Å². The predicted octanol–water partition coefficient (Wildman–Crippen LogP) is -1.64. The molecule has 6 nitrogen and oxygen atoms in total. The number of carboxylic acids is 2. The van der Waals surface area contributed by atoms with Crippen molar-refractivity contribution in [2.24, 2.45) is 0 Å². The van der Waals surface area contributed by atoms with Crippen molar-refractivity contribution < 1.29 is 29.7 Å². The van der Waals surface area contributed by atoms with Crippen molar-refractivity contribution in [3.05, 3.63) is 0 Å². The van der Waals surface area contributed by atoms with E-state index in [4.69, 9.17) is 10.2 Å². The maximum absolute atomic E-state index is 10.5. The topological polar surface area (TPSA) is 112 Å². The molecule has 0 bridgehead atoms. The predicted molar refractivity (Wildman–Crippen MR) is 40.2 cm³/mol. The first-order chi connectivity index (χ1) is 5.78. The number of aliphatic hydroxyl groups is 1. The average molecular weight is 186 g/mol. The van der Waals surface area contributed by atoms with E-state index < -0.39 is 36.1 Å². The summed E-state index contributed by atoms with van der Waals surface area (Å²) in [7, 11) is 4.65. The first kappa shape index (κ1) is 11.6. The van der Waals surface area contributed by atoms with E-state index in [2.05, 4.69) is 7.85 Å². The summed E-state index contributed by atoms with van der Waals surface area (Å²) in [6.45, 7) is 0. The standard InChI is InChI=1S/C6H7BO6/c7-5(12)6(13,1-3(8)9)2-4(10)11/h13H,1-2H2,(H,8,9)(H,10,11). The third-order valence-electron chi connectivity index (χ3n) is 1.35. The van der Waals surface area contributed by atoms with E-state index >= 15 is 0 Å². The molecule has 0 saturated heterocycles. The SMILES string of the molecule is [B]C(=O)C(O)(CC(=O)O)CC(=O)O. The van der Waals surface area contributed by atoms with Gasteiger partial charge in [-0.15, -0.1) is 0 Å². The van der Waals surface area contributed by atoms with Crippen LogP contribution in [0.5, 0.6) is 0 Å². The van der Waals surface area contributed by atoms with Gasteiger partial charge in [-0.05, 0) is 0 Å². The number of rotatable bonds is 5. The van der Waals surface area contributed by atoms with E-state index in [1.807, 2.05) is 0 Å². The van der Waals surface area contributed by atoms with Crippen LogP contribution in [-0.4, -0.2) is 46.4 Å². The molecule has 0 heterocycles. The Hall–Kier alpha value is -1.37. The van der Waals surface area contributed by atoms with Gasteiger partial charge < -0.3 is 20.1 Å². The molecule has 0 atom stereocenters. The molecule has 0 aliphatic heterocycles. The molecular weight excluding hydrogens is 179 g/mol. The van der Waals surface area contributed by atoms with E-state index in [1.165, 1.54) is 0 Å². The van der Waals surface area contributed by atoms with E-state index in [-0.39, 0.29) is 0 Å². The van der Waals surface area contributed by atoms with Crippen LogP contribution in [0.1, 0.15) is 12.8 Å². The van der Waals surface area contributed by atoms with E-state index in [9.17, 15) is 19.5 Å². The third kappa shape index (κ3) is 3.70. The lowest BCUT2D eigenvalue weighted by Gasteiger charge is -2.21. The van der Waals surface area contributed by atoms with Crippen molar-refractivity contribution in [2.45, 2.75) is 18.4 Å². The Morgan fingerprint density at radius 2 is 1.38 bits per heavy atom. The molecule has 0 aliphatic carbocycles. The van der Waals surface area contributed by atoms with Crippen LogP contribution in [0.2, 0.25) is 0 Å². The van der Waals surface area contributed by atoms with Crippen LogP contribution in [0, 0.1) is 0 Å². The summed E-state index contributed by atoms with van der Waals surface area (Å²) in [5.74, 6) is -3.00. The Morgan fingerprint density at radius 1 is 1.08 bits per heavy atom. The van der Waals surface area contributed by atoms with Gasteiger partial charge in [-0.1, -0.05) is 0 Å². The lowest BCUT2D eigenvalue weighted by atomic mass is 9.80. The minimum atomic E-state index is -2.52. The van der Waals surface area contributed by atoms with Crippen molar-refractivity contribution in [1.29, 1.82) is 0 Å². The van der Waals surface area contributed by atoms with Crippen molar-refractivity contribution in [1.82, 2.24) is 0 Å². The maximum atomic E-state index is 10.5. The molecule has 0 aromatic carbocycles. The summed E-state index contributed by atoms with van der Waals surface area (Å²) in [5, 5.41) is 25.7. The molecule has 0 aliphatic rings. The zero-order chi connectivity index (χ0) is 10.6. The normalized spacial score (nSPS) is 10.8. The highest BCUT2D eigenvalue weighted by molar-refractivity contribution is 6.60. The van der Waals surface area contributed by atoms with Crippen LogP contribution in [0.4, 0.5) is 0 Å². The Kier molecular flexibility index (Phi) is 3.61. The second kappa shape index (κ2) is 4.04. The Bertz CT molecular complexity index is 232. The van der Waals surface area contributed by atoms with Crippen LogP contribution in [0.25, 0.3) is 0 Å². The third-order valence-corrected chi connectivity index (χ3v) is 1.35. The number of carbonyl (C=O) groups is 3. The fourth-order valence-electron chi connectivity index (χ4n) is 0.737. The van der Waals surface area contributed by atoms with Gasteiger partial charge in [-0.2, -0.15) is 0 Å². The Morgan fingerprint density at radius 3 is 1.54 bits per heavy atom. The molecule has 3 N–H and O–H groups in total. The number of hydrogen-bond donors (Lipinski definition) is 3. The molecule has 0 unspecified atom stereocenters. The summed E-state index contributed by atoms with van der Waals surface area (Å²) in [6, 6.07) is 0. The van der Waals surface area contributed by atoms with Gasteiger partial charge in [0.15, 0.2) is 7.85 Å². The summed E-state index contributed by atoms with van der Waals surface area (Å²) in [6.07, 6.45) is -2.04. The quantitative estimate of drug-likeness (QED) is 0.444. The largest absolute Gasteiger partial charge is 0.481 e. The van der Waals surface area contributed by atoms with Gasteiger partial charge in [0.25, 0.3) is 0 Å². The monoisotopic (exact) mass is 186 g/mol. The number of hydrogen-bond acceptors (Lipinski definition) is 4. The summed E-state index contributed by atoms with van der Waals surface area (Å²) < 4.78 is 0. The molecular formula is C6H7BO6. The summed E-state index contributed by atoms with van der Waals surface area (Å²) >= 11 is 0. The van der Waals surface area contributed by atoms with Gasteiger partial charge >= 0.3 is 11.9 Å². The molecule has 70 valence electrons. The zero-order valence-electron chi connectivity index (χ0n) is 6.56. The van der Waals surface area contributed by atoms with Crippen LogP contribution in [0.3, 0.4) is 0 Å². The maximum Gasteiger partial charge on any atom is 0.306 e. The summed E-state index contributed by atoms with van der Waals surface area (Å²) in [5.41, 5.74) is -3.88. The highest BCUT2D eigenvalue weighted by Crippen LogP contribution is 2.15. The molecule has 7 heteroatoms. The number of carboxylic acid groups (broad SMARTS) is 2. The first-order valence-electron chi connectivity index (χ1n) is 3.24. The number of carbonyl (C=O) groups excluding carboxylic acids is 1. The minimum Gasteiger partial charge on any atom is -0.481 e. The smallest absolute Gasteiger partial charge is 0.306 e. The minimum absolute atomic E-state index is 1.02. The van der Waals surface area contributed by atoms with Gasteiger partial charge in [0.05, 0.1) is 12.8 Å². The molecule has 2 radical (unpaired) electrons. The zero-order valence-corrected chi connectivity index (χ0v) is 6.56. The van der Waals surface area contributed by atoms with Crippen LogP contribution in [0.15, 0.2) is 0 Å². The van der Waals surface area contributed by atoms with Gasteiger partial charge in [-0.3, -0.25) is 9.59 Å². The second-order valence-electron chi connectivity index (χ2n) is 2.54. The molecule has 13 heavy (non-hydrogen) atoms. The fourth-order valence-corrected chi connectivity index (χ4v) is 0.737. The summed E-state index contributed by atoms with van der Waals surface area (Å²) in [4.78, 5) is 30.8. The molecule has 0 aromatic heterocycles. The molecule has 0 amide bonds. The van der Waals surface area contributed by atoms with Crippen LogP contribution >= 0.6 is 0 Å². The van der Waals surface area contributed by atoms with Crippen LogP contribution < -0.4 is 0 Å². The Labute approximate surface area is 74.6 Å².